The maximum atomic E-state index is 13.6. The minimum atomic E-state index is -2.26. The average Bonchev–Trinajstić information content (AvgIpc) is 3.49. The quantitative estimate of drug-likeness (QED) is 0.0302. The summed E-state index contributed by atoms with van der Waals surface area (Å²) < 4.78 is 152. The first-order valence-corrected chi connectivity index (χ1v) is 26.3. The Morgan fingerprint density at radius 3 is 0.747 bits per heavy atom. The van der Waals surface area contributed by atoms with Crippen molar-refractivity contribution < 1.29 is 98.9 Å². The monoisotopic (exact) mass is 1340 g/mol. The van der Waals surface area contributed by atoms with Gasteiger partial charge in [-0.1, -0.05) is 102 Å². The van der Waals surface area contributed by atoms with E-state index in [1.807, 2.05) is 116 Å². The third kappa shape index (κ3) is 30.9. The van der Waals surface area contributed by atoms with Crippen LogP contribution in [0.1, 0.15) is 130 Å². The minimum absolute atomic E-state index is 0. The molecule has 0 aliphatic carbocycles. The van der Waals surface area contributed by atoms with Crippen LogP contribution < -0.4 is 10.2 Å². The van der Waals surface area contributed by atoms with Crippen molar-refractivity contribution in [2.24, 2.45) is 9.98 Å². The molecule has 0 saturated carbocycles. The summed E-state index contributed by atoms with van der Waals surface area (Å²) in [5, 5.41) is 24.6. The molecule has 0 unspecified atom stereocenters. The van der Waals surface area contributed by atoms with E-state index in [4.69, 9.17) is 18.9 Å². The zero-order valence-corrected chi connectivity index (χ0v) is 53.7. The fraction of sp³-hybridized carbons (Fsp3) is 0.375. The Hall–Kier alpha value is -5.99. The standard InChI is InChI=1S/2C17H14F5NO.2C7H7.4C4H10O.Hf/c2*1-17(2,3)9-6-4-5-8(16(9)24)7-23-15-13(21)11(19)10(18)12(20)14(15)22;2*1-7-5-3-2-4-6-7;4*1-3-5-4-2;/h2*4-7,24H,1-3H3;2*2-6H,1H2;4*3-4H2,1-2H3;/q;;2*-1;;;;;+4/p-2. The first-order chi connectivity index (χ1) is 38.5. The number of benzene rings is 6. The van der Waals surface area contributed by atoms with Crippen LogP contribution in [0.4, 0.5) is 55.3 Å². The van der Waals surface area contributed by atoms with Gasteiger partial charge in [-0.25, -0.2) is 53.9 Å². The second-order valence-electron chi connectivity index (χ2n) is 18.4. The molecular weight excluding hydrogens is 1260 g/mol. The molecule has 0 bridgehead atoms. The van der Waals surface area contributed by atoms with Gasteiger partial charge in [0.25, 0.3) is 0 Å². The van der Waals surface area contributed by atoms with E-state index < -0.39 is 91.9 Å². The van der Waals surface area contributed by atoms with Gasteiger partial charge in [0.05, 0.1) is 0 Å². The van der Waals surface area contributed by atoms with E-state index >= 15 is 0 Å². The number of hydrogen-bond donors (Lipinski definition) is 0. The van der Waals surface area contributed by atoms with E-state index in [-0.39, 0.29) is 37.0 Å². The molecule has 0 amide bonds. The molecule has 8 nitrogen and oxygen atoms in total. The summed E-state index contributed by atoms with van der Waals surface area (Å²) in [5.41, 5.74) is -0.675. The number of aliphatic imine (C=N–C) groups is 2. The van der Waals surface area contributed by atoms with Crippen LogP contribution in [0.25, 0.3) is 0 Å². The Morgan fingerprint density at radius 2 is 0.578 bits per heavy atom. The molecule has 0 aliphatic heterocycles. The molecule has 6 aromatic rings. The third-order valence-corrected chi connectivity index (χ3v) is 10.1. The maximum Gasteiger partial charge on any atom is 4.00 e. The number of hydrogen-bond acceptors (Lipinski definition) is 8. The van der Waals surface area contributed by atoms with Crippen molar-refractivity contribution in [1.29, 1.82) is 0 Å². The average molecular weight is 1340 g/mol. The fourth-order valence-electron chi connectivity index (χ4n) is 5.95. The topological polar surface area (TPSA) is 108 Å². The Kier molecular flexibility index (Phi) is 43.6. The Balaban J connectivity index is -0.000000989. The molecule has 456 valence electrons. The van der Waals surface area contributed by atoms with Gasteiger partial charge in [-0.05, 0) is 88.5 Å². The summed E-state index contributed by atoms with van der Waals surface area (Å²) in [6.07, 6.45) is 1.58. The van der Waals surface area contributed by atoms with E-state index in [0.29, 0.717) is 11.1 Å². The predicted molar refractivity (Wildman–Crippen MR) is 307 cm³/mol. The number of ether oxygens (including phenoxy) is 4. The van der Waals surface area contributed by atoms with Crippen LogP contribution in [0, 0.1) is 72.0 Å². The summed E-state index contributed by atoms with van der Waals surface area (Å²) in [4.78, 5) is 6.60. The van der Waals surface area contributed by atoms with Gasteiger partial charge in [-0.3, -0.25) is 0 Å². The van der Waals surface area contributed by atoms with Gasteiger partial charge in [-0.15, -0.1) is 24.3 Å². The second-order valence-corrected chi connectivity index (χ2v) is 18.4. The number of halogens is 10. The van der Waals surface area contributed by atoms with Gasteiger partial charge in [0.1, 0.15) is 11.4 Å². The van der Waals surface area contributed by atoms with Crippen LogP contribution in [0.15, 0.2) is 107 Å². The predicted octanol–water partition coefficient (Wildman–Crippen LogP) is 16.9. The number of rotatable bonds is 12. The van der Waals surface area contributed by atoms with Crippen LogP contribution in [-0.2, 0) is 55.6 Å². The molecule has 0 radical (unpaired) electrons. The molecule has 0 spiro atoms. The third-order valence-electron chi connectivity index (χ3n) is 10.1. The number of para-hydroxylation sites is 2. The van der Waals surface area contributed by atoms with Crippen molar-refractivity contribution in [2.45, 2.75) is 108 Å². The van der Waals surface area contributed by atoms with E-state index in [2.05, 4.69) is 23.8 Å². The Labute approximate surface area is 504 Å². The fourth-order valence-corrected chi connectivity index (χ4v) is 5.95. The Morgan fingerprint density at radius 1 is 0.361 bits per heavy atom. The van der Waals surface area contributed by atoms with Crippen molar-refractivity contribution >= 4 is 23.8 Å². The van der Waals surface area contributed by atoms with Crippen molar-refractivity contribution in [2.75, 3.05) is 52.9 Å². The van der Waals surface area contributed by atoms with E-state index in [0.717, 1.165) is 76.4 Å². The molecule has 0 aromatic heterocycles. The first kappa shape index (κ1) is 81.2. The van der Waals surface area contributed by atoms with E-state index in [1.165, 1.54) is 12.1 Å². The molecule has 0 saturated heterocycles. The van der Waals surface area contributed by atoms with Crippen LogP contribution in [0.2, 0.25) is 0 Å². The zero-order chi connectivity index (χ0) is 63.2. The molecule has 0 aliphatic rings. The summed E-state index contributed by atoms with van der Waals surface area (Å²) >= 11 is 0. The van der Waals surface area contributed by atoms with Crippen LogP contribution in [0.3, 0.4) is 0 Å². The molecule has 0 N–H and O–H groups in total. The van der Waals surface area contributed by atoms with Crippen molar-refractivity contribution in [3.8, 4) is 11.5 Å². The molecule has 0 atom stereocenters. The summed E-state index contributed by atoms with van der Waals surface area (Å²) in [5.74, 6) is -22.0. The minimum Gasteiger partial charge on any atom is -0.872 e. The maximum absolute atomic E-state index is 13.6. The normalized spacial score (nSPS) is 10.5. The van der Waals surface area contributed by atoms with Gasteiger partial charge in [0.15, 0.2) is 46.5 Å². The van der Waals surface area contributed by atoms with Gasteiger partial charge >= 0.3 is 25.8 Å². The first-order valence-electron chi connectivity index (χ1n) is 26.3. The molecule has 19 heteroatoms. The van der Waals surface area contributed by atoms with Crippen molar-refractivity contribution in [3.05, 3.63) is 202 Å². The smallest absolute Gasteiger partial charge is 0.872 e. The van der Waals surface area contributed by atoms with Gasteiger partial charge in [-0.2, -0.15) is 49.2 Å². The van der Waals surface area contributed by atoms with Gasteiger partial charge in [0.2, 0.25) is 11.6 Å². The van der Waals surface area contributed by atoms with Crippen molar-refractivity contribution in [1.82, 2.24) is 0 Å². The largest absolute Gasteiger partial charge is 4.00 e. The summed E-state index contributed by atoms with van der Waals surface area (Å²) in [6.45, 7) is 40.9. The molecular formula is C64H80F10HfN2O6. The van der Waals surface area contributed by atoms with E-state index in [1.54, 1.807) is 65.8 Å². The van der Waals surface area contributed by atoms with Crippen LogP contribution in [0.5, 0.6) is 11.5 Å². The molecule has 6 aromatic carbocycles. The summed E-state index contributed by atoms with van der Waals surface area (Å²) in [7, 11) is 0. The molecule has 0 heterocycles. The summed E-state index contributed by atoms with van der Waals surface area (Å²) in [6, 6.07) is 28.7. The van der Waals surface area contributed by atoms with E-state index in [9.17, 15) is 54.1 Å². The van der Waals surface area contributed by atoms with Crippen LogP contribution in [-0.4, -0.2) is 65.3 Å². The Bertz CT molecular complexity index is 2510. The molecule has 0 fully saturated rings. The van der Waals surface area contributed by atoms with Gasteiger partial charge < -0.3 is 29.2 Å². The zero-order valence-electron chi connectivity index (χ0n) is 50.1. The van der Waals surface area contributed by atoms with Gasteiger partial charge in [0, 0.05) is 65.3 Å². The van der Waals surface area contributed by atoms with Crippen LogP contribution >= 0.6 is 0 Å². The number of nitrogens with zero attached hydrogens (tertiary/aromatic N) is 2. The SMILES string of the molecule is CC(C)(C)c1cccc(C=Nc2c(F)c(F)c(F)c(F)c2F)c1[O-].CC(C)(C)c1cccc(C=Nc2c(F)c(F)c(F)c(F)c2F)c1[O-].CCOCC.CCOCC.CCOCC.CCOCC.[CH2-]c1ccccc1.[CH2-]c1ccccc1.[Hf+4]. The second kappa shape index (κ2) is 44.5. The van der Waals surface area contributed by atoms with Crippen molar-refractivity contribution in [3.63, 3.8) is 0 Å². The molecule has 83 heavy (non-hydrogen) atoms. The molecule has 6 rings (SSSR count).